The largest absolute Gasteiger partial charge is 0.351 e. The highest BCUT2D eigenvalue weighted by atomic mass is 16.1. The highest BCUT2D eigenvalue weighted by Crippen LogP contribution is 2.25. The minimum Gasteiger partial charge on any atom is -0.351 e. The van der Waals surface area contributed by atoms with E-state index in [9.17, 15) is 4.79 Å². The number of nitrogens with two attached hydrogens (primary N) is 1. The number of pyridine rings is 1. The molecule has 4 aromatic rings. The number of aromatic nitrogens is 3. The van der Waals surface area contributed by atoms with Crippen LogP contribution >= 0.6 is 0 Å². The van der Waals surface area contributed by atoms with E-state index in [1.807, 2.05) is 36.5 Å². The average molecular weight is 386 g/mol. The van der Waals surface area contributed by atoms with Crippen LogP contribution in [0.25, 0.3) is 16.8 Å². The molecule has 0 saturated carbocycles. The van der Waals surface area contributed by atoms with E-state index in [4.69, 9.17) is 5.73 Å². The van der Waals surface area contributed by atoms with Crippen molar-refractivity contribution < 1.29 is 4.79 Å². The molecular formula is C22H22N6O. The van der Waals surface area contributed by atoms with E-state index in [2.05, 4.69) is 45.8 Å². The van der Waals surface area contributed by atoms with Crippen molar-refractivity contribution in [1.82, 2.24) is 19.9 Å². The van der Waals surface area contributed by atoms with Crippen LogP contribution in [0.2, 0.25) is 0 Å². The molecule has 7 heteroatoms. The lowest BCUT2D eigenvalue weighted by Crippen LogP contribution is -2.28. The van der Waals surface area contributed by atoms with Gasteiger partial charge in [-0.2, -0.15) is 4.98 Å². The summed E-state index contributed by atoms with van der Waals surface area (Å²) in [6, 6.07) is 19.5. The molecule has 0 saturated heterocycles. The number of carbonyl (C=O) groups excluding carboxylic acids is 1. The third kappa shape index (κ3) is 4.09. The third-order valence-electron chi connectivity index (χ3n) is 4.52. The summed E-state index contributed by atoms with van der Waals surface area (Å²) in [4.78, 5) is 16.6. The molecule has 0 aliphatic rings. The maximum atomic E-state index is 12.0. The Morgan fingerprint density at radius 1 is 1.10 bits per heavy atom. The van der Waals surface area contributed by atoms with Gasteiger partial charge in [0.2, 0.25) is 5.95 Å². The van der Waals surface area contributed by atoms with E-state index in [1.54, 1.807) is 16.6 Å². The molecule has 0 aliphatic carbocycles. The Bertz CT molecular complexity index is 1150. The summed E-state index contributed by atoms with van der Waals surface area (Å²) >= 11 is 0. The number of aryl methyl sites for hydroxylation is 1. The monoisotopic (exact) mass is 386 g/mol. The van der Waals surface area contributed by atoms with E-state index in [0.717, 1.165) is 22.5 Å². The molecule has 146 valence electrons. The quantitative estimate of drug-likeness (QED) is 0.473. The van der Waals surface area contributed by atoms with Crippen LogP contribution in [0.3, 0.4) is 0 Å². The van der Waals surface area contributed by atoms with Crippen molar-refractivity contribution in [1.29, 1.82) is 0 Å². The standard InChI is InChI=1S/C22H22N6O/c1-15-4-2-5-17(14-15)19-6-3-13-28-20(19)26-22(27-28)25-18-9-7-16(8-10-18)21(29)24-12-11-23/h2-10,13-14H,11-12,23H2,1H3,(H,24,29)(H,25,27). The Balaban J connectivity index is 1.58. The molecule has 2 aromatic carbocycles. The topological polar surface area (TPSA) is 97.3 Å². The van der Waals surface area contributed by atoms with E-state index < -0.39 is 0 Å². The van der Waals surface area contributed by atoms with Crippen LogP contribution in [-0.2, 0) is 0 Å². The van der Waals surface area contributed by atoms with E-state index in [0.29, 0.717) is 24.6 Å². The van der Waals surface area contributed by atoms with Gasteiger partial charge in [-0.25, -0.2) is 4.52 Å². The normalized spacial score (nSPS) is 10.8. The highest BCUT2D eigenvalue weighted by molar-refractivity contribution is 5.94. The molecule has 2 heterocycles. The van der Waals surface area contributed by atoms with Crippen molar-refractivity contribution in [2.24, 2.45) is 5.73 Å². The van der Waals surface area contributed by atoms with Gasteiger partial charge in [-0.3, -0.25) is 4.79 Å². The van der Waals surface area contributed by atoms with Crippen molar-refractivity contribution in [3.05, 3.63) is 78.0 Å². The maximum Gasteiger partial charge on any atom is 0.251 e. The minimum absolute atomic E-state index is 0.143. The summed E-state index contributed by atoms with van der Waals surface area (Å²) in [6.07, 6.45) is 1.87. The number of hydrogen-bond donors (Lipinski definition) is 3. The van der Waals surface area contributed by atoms with Crippen molar-refractivity contribution in [2.75, 3.05) is 18.4 Å². The number of nitrogens with zero attached hydrogens (tertiary/aromatic N) is 3. The predicted octanol–water partition coefficient (Wildman–Crippen LogP) is 3.14. The van der Waals surface area contributed by atoms with E-state index in [-0.39, 0.29) is 5.91 Å². The van der Waals surface area contributed by atoms with Gasteiger partial charge < -0.3 is 16.4 Å². The second-order valence-corrected chi connectivity index (χ2v) is 6.74. The fourth-order valence-electron chi connectivity index (χ4n) is 3.12. The number of nitrogens with one attached hydrogen (secondary N) is 2. The van der Waals surface area contributed by atoms with Gasteiger partial charge >= 0.3 is 0 Å². The predicted molar refractivity (Wildman–Crippen MR) is 114 cm³/mol. The number of amides is 1. The Kier molecular flexibility index (Phi) is 5.22. The first-order valence-corrected chi connectivity index (χ1v) is 9.42. The van der Waals surface area contributed by atoms with Crippen LogP contribution in [0.4, 0.5) is 11.6 Å². The Hall–Kier alpha value is -3.71. The number of fused-ring (bicyclic) bond motifs is 1. The molecule has 0 aliphatic heterocycles. The minimum atomic E-state index is -0.143. The number of carbonyl (C=O) groups is 1. The molecule has 1 amide bonds. The fourth-order valence-corrected chi connectivity index (χ4v) is 3.12. The molecule has 29 heavy (non-hydrogen) atoms. The van der Waals surface area contributed by atoms with Crippen LogP contribution in [-0.4, -0.2) is 33.6 Å². The number of hydrogen-bond acceptors (Lipinski definition) is 5. The van der Waals surface area contributed by atoms with E-state index >= 15 is 0 Å². The molecule has 0 bridgehead atoms. The van der Waals surface area contributed by atoms with Gasteiger partial charge in [-0.15, -0.1) is 5.10 Å². The Morgan fingerprint density at radius 3 is 2.69 bits per heavy atom. The zero-order valence-electron chi connectivity index (χ0n) is 16.1. The van der Waals surface area contributed by atoms with Crippen molar-refractivity contribution >= 4 is 23.2 Å². The van der Waals surface area contributed by atoms with Crippen molar-refractivity contribution in [3.63, 3.8) is 0 Å². The van der Waals surface area contributed by atoms with Crippen LogP contribution in [0.5, 0.6) is 0 Å². The van der Waals surface area contributed by atoms with Crippen LogP contribution in [0.15, 0.2) is 66.9 Å². The lowest BCUT2D eigenvalue weighted by atomic mass is 10.1. The van der Waals surface area contributed by atoms with Gasteiger partial charge in [0.1, 0.15) is 0 Å². The van der Waals surface area contributed by atoms with Crippen LogP contribution in [0.1, 0.15) is 15.9 Å². The average Bonchev–Trinajstić information content (AvgIpc) is 3.15. The molecule has 0 fully saturated rings. The molecule has 0 unspecified atom stereocenters. The fraction of sp³-hybridized carbons (Fsp3) is 0.136. The molecule has 0 atom stereocenters. The molecule has 4 rings (SSSR count). The Labute approximate surface area is 168 Å². The molecule has 7 nitrogen and oxygen atoms in total. The first kappa shape index (κ1) is 18.6. The van der Waals surface area contributed by atoms with Gasteiger partial charge in [0.05, 0.1) is 0 Å². The lowest BCUT2D eigenvalue weighted by molar-refractivity contribution is 0.0955. The SMILES string of the molecule is Cc1cccc(-c2cccn3nc(Nc4ccc(C(=O)NCCN)cc4)nc23)c1. The highest BCUT2D eigenvalue weighted by Gasteiger charge is 2.10. The molecule has 0 spiro atoms. The van der Waals surface area contributed by atoms with Gasteiger partial charge in [0.15, 0.2) is 5.65 Å². The zero-order chi connectivity index (χ0) is 20.2. The summed E-state index contributed by atoms with van der Waals surface area (Å²) in [6.45, 7) is 2.93. The summed E-state index contributed by atoms with van der Waals surface area (Å²) in [5.74, 6) is 0.348. The second kappa shape index (κ2) is 8.12. The Morgan fingerprint density at radius 2 is 1.93 bits per heavy atom. The summed E-state index contributed by atoms with van der Waals surface area (Å²) in [5, 5.41) is 10.5. The number of benzene rings is 2. The van der Waals surface area contributed by atoms with Crippen LogP contribution in [0, 0.1) is 6.92 Å². The first-order valence-electron chi connectivity index (χ1n) is 9.42. The van der Waals surface area contributed by atoms with Gasteiger partial charge in [0.25, 0.3) is 5.91 Å². The second-order valence-electron chi connectivity index (χ2n) is 6.74. The van der Waals surface area contributed by atoms with Gasteiger partial charge in [-0.05, 0) is 48.9 Å². The zero-order valence-corrected chi connectivity index (χ0v) is 16.1. The smallest absolute Gasteiger partial charge is 0.251 e. The van der Waals surface area contributed by atoms with Gasteiger partial charge in [-0.1, -0.05) is 29.8 Å². The maximum absolute atomic E-state index is 12.0. The van der Waals surface area contributed by atoms with Crippen molar-refractivity contribution in [2.45, 2.75) is 6.92 Å². The molecular weight excluding hydrogens is 364 g/mol. The number of rotatable bonds is 6. The summed E-state index contributed by atoms with van der Waals surface area (Å²) in [7, 11) is 0. The lowest BCUT2D eigenvalue weighted by Gasteiger charge is -2.05. The third-order valence-corrected chi connectivity index (χ3v) is 4.52. The van der Waals surface area contributed by atoms with Crippen LogP contribution < -0.4 is 16.4 Å². The van der Waals surface area contributed by atoms with E-state index in [1.165, 1.54) is 5.56 Å². The molecule has 4 N–H and O–H groups in total. The summed E-state index contributed by atoms with van der Waals surface area (Å²) in [5.41, 5.74) is 10.9. The first-order chi connectivity index (χ1) is 14.1. The van der Waals surface area contributed by atoms with Gasteiger partial charge in [0, 0.05) is 36.1 Å². The summed E-state index contributed by atoms with van der Waals surface area (Å²) < 4.78 is 1.76. The molecule has 2 aromatic heterocycles. The van der Waals surface area contributed by atoms with Crippen molar-refractivity contribution in [3.8, 4) is 11.1 Å². The molecule has 0 radical (unpaired) electrons. The number of anilines is 2.